The SMILES string of the molecule is FC(F)(F)C(F)(F)C(F)(F)C(F)(F)C(F)(F)C(F)(F)C(F)(F)C(F)(F)CCC1C=CC=C1. The van der Waals surface area contributed by atoms with Crippen LogP contribution in [-0.4, -0.2) is 47.6 Å². The third-order valence-electron chi connectivity index (χ3n) is 4.41. The average Bonchev–Trinajstić information content (AvgIpc) is 3.11. The van der Waals surface area contributed by atoms with Crippen LogP contribution in [0.2, 0.25) is 0 Å². The highest BCUT2D eigenvalue weighted by Crippen LogP contribution is 2.64. The molecular formula is C15H9F17. The predicted octanol–water partition coefficient (Wildman–Crippen LogP) is 7.52. The average molecular weight is 512 g/mol. The van der Waals surface area contributed by atoms with Crippen molar-refractivity contribution in [3.63, 3.8) is 0 Å². The summed E-state index contributed by atoms with van der Waals surface area (Å²) in [7, 11) is 0. The summed E-state index contributed by atoms with van der Waals surface area (Å²) in [5.74, 6) is -57.0. The number of hydrogen-bond donors (Lipinski definition) is 0. The molecule has 0 aromatic rings. The van der Waals surface area contributed by atoms with Crippen molar-refractivity contribution >= 4 is 0 Å². The maximum atomic E-state index is 13.6. The van der Waals surface area contributed by atoms with Gasteiger partial charge < -0.3 is 0 Å². The fourth-order valence-corrected chi connectivity index (χ4v) is 2.37. The molecule has 0 unspecified atom stereocenters. The van der Waals surface area contributed by atoms with Gasteiger partial charge in [-0.2, -0.15) is 74.6 Å². The van der Waals surface area contributed by atoms with Crippen LogP contribution >= 0.6 is 0 Å². The van der Waals surface area contributed by atoms with Gasteiger partial charge in [0.05, 0.1) is 0 Å². The Morgan fingerprint density at radius 3 is 1.09 bits per heavy atom. The second-order valence-corrected chi connectivity index (χ2v) is 6.62. The van der Waals surface area contributed by atoms with E-state index in [0.717, 1.165) is 24.3 Å². The van der Waals surface area contributed by atoms with Crippen LogP contribution < -0.4 is 0 Å². The summed E-state index contributed by atoms with van der Waals surface area (Å²) in [6, 6.07) is 0. The fraction of sp³-hybridized carbons (Fsp3) is 0.733. The van der Waals surface area contributed by atoms with Gasteiger partial charge in [-0.25, -0.2) is 0 Å². The topological polar surface area (TPSA) is 0 Å². The Hall–Kier alpha value is -1.71. The summed E-state index contributed by atoms with van der Waals surface area (Å²) in [6.45, 7) is 0. The van der Waals surface area contributed by atoms with Crippen molar-refractivity contribution in [2.75, 3.05) is 0 Å². The van der Waals surface area contributed by atoms with Crippen LogP contribution in [0.25, 0.3) is 0 Å². The van der Waals surface area contributed by atoms with Crippen molar-refractivity contribution < 1.29 is 74.6 Å². The maximum Gasteiger partial charge on any atom is 0.460 e. The van der Waals surface area contributed by atoms with Gasteiger partial charge in [-0.1, -0.05) is 24.3 Å². The minimum atomic E-state index is -8.58. The van der Waals surface area contributed by atoms with E-state index in [9.17, 15) is 74.6 Å². The quantitative estimate of drug-likeness (QED) is 0.281. The van der Waals surface area contributed by atoms with Gasteiger partial charge in [0.2, 0.25) is 0 Å². The van der Waals surface area contributed by atoms with Gasteiger partial charge >= 0.3 is 47.6 Å². The summed E-state index contributed by atoms with van der Waals surface area (Å²) in [5, 5.41) is 0. The molecule has 1 rings (SSSR count). The highest BCUT2D eigenvalue weighted by molar-refractivity contribution is 5.18. The summed E-state index contributed by atoms with van der Waals surface area (Å²) in [5.41, 5.74) is 0. The largest absolute Gasteiger partial charge is 0.460 e. The van der Waals surface area contributed by atoms with Crippen molar-refractivity contribution in [2.24, 2.45) is 5.92 Å². The molecule has 1 aliphatic rings. The predicted molar refractivity (Wildman–Crippen MR) is 71.7 cm³/mol. The minimum absolute atomic E-state index is 1.04. The first kappa shape index (κ1) is 28.3. The van der Waals surface area contributed by atoms with Crippen LogP contribution in [0.5, 0.6) is 0 Å². The Labute approximate surface area is 166 Å². The molecule has 0 atom stereocenters. The lowest BCUT2D eigenvalue weighted by Crippen LogP contribution is -2.74. The molecule has 0 bridgehead atoms. The molecule has 188 valence electrons. The van der Waals surface area contributed by atoms with Crippen molar-refractivity contribution in [2.45, 2.75) is 60.5 Å². The molecule has 0 radical (unpaired) electrons. The Morgan fingerprint density at radius 1 is 0.438 bits per heavy atom. The molecule has 0 amide bonds. The summed E-state index contributed by atoms with van der Waals surface area (Å²) >= 11 is 0. The fourth-order valence-electron chi connectivity index (χ4n) is 2.37. The van der Waals surface area contributed by atoms with E-state index in [1.165, 1.54) is 0 Å². The van der Waals surface area contributed by atoms with Crippen LogP contribution in [0, 0.1) is 5.92 Å². The Balaban J connectivity index is 3.44. The number of hydrogen-bond acceptors (Lipinski definition) is 0. The van der Waals surface area contributed by atoms with E-state index in [1.54, 1.807) is 0 Å². The van der Waals surface area contributed by atoms with E-state index in [2.05, 4.69) is 0 Å². The molecule has 0 saturated heterocycles. The lowest BCUT2D eigenvalue weighted by Gasteiger charge is -2.42. The van der Waals surface area contributed by atoms with E-state index in [-0.39, 0.29) is 0 Å². The Bertz CT molecular complexity index is 728. The zero-order chi connectivity index (χ0) is 25.8. The molecule has 32 heavy (non-hydrogen) atoms. The molecular weight excluding hydrogens is 503 g/mol. The van der Waals surface area contributed by atoms with E-state index in [0.29, 0.717) is 0 Å². The Morgan fingerprint density at radius 2 is 0.750 bits per heavy atom. The number of alkyl halides is 17. The minimum Gasteiger partial charge on any atom is -0.200 e. The summed E-state index contributed by atoms with van der Waals surface area (Å²) in [6.07, 6.45) is -6.94. The van der Waals surface area contributed by atoms with Crippen molar-refractivity contribution in [3.05, 3.63) is 24.3 Å². The van der Waals surface area contributed by atoms with Crippen LogP contribution in [-0.2, 0) is 0 Å². The first-order chi connectivity index (χ1) is 13.8. The third kappa shape index (κ3) is 3.82. The van der Waals surface area contributed by atoms with Crippen LogP contribution in [0.4, 0.5) is 74.6 Å². The standard InChI is InChI=1S/C15H9F17/c16-8(17,6-5-7-3-1-2-4-7)9(18,19)10(20,21)11(22,23)12(24,25)13(26,27)14(28,29)15(30,31)32/h1-4,7H,5-6H2. The van der Waals surface area contributed by atoms with Gasteiger partial charge in [-0.05, 0) is 12.3 Å². The molecule has 0 saturated carbocycles. The van der Waals surface area contributed by atoms with Gasteiger partial charge in [0.25, 0.3) is 0 Å². The monoisotopic (exact) mass is 512 g/mol. The second-order valence-electron chi connectivity index (χ2n) is 6.62. The van der Waals surface area contributed by atoms with Crippen molar-refractivity contribution in [1.29, 1.82) is 0 Å². The van der Waals surface area contributed by atoms with Crippen LogP contribution in [0.1, 0.15) is 12.8 Å². The lowest BCUT2D eigenvalue weighted by molar-refractivity contribution is -0.461. The van der Waals surface area contributed by atoms with Crippen molar-refractivity contribution in [3.8, 4) is 0 Å². The van der Waals surface area contributed by atoms with Crippen LogP contribution in [0.3, 0.4) is 0 Å². The molecule has 0 aromatic carbocycles. The number of allylic oxidation sites excluding steroid dienone is 4. The zero-order valence-corrected chi connectivity index (χ0v) is 14.7. The highest BCUT2D eigenvalue weighted by Gasteiger charge is 2.95. The van der Waals surface area contributed by atoms with Crippen molar-refractivity contribution in [1.82, 2.24) is 0 Å². The summed E-state index contributed by atoms with van der Waals surface area (Å²) in [4.78, 5) is 0. The maximum absolute atomic E-state index is 13.6. The molecule has 0 aliphatic heterocycles. The molecule has 0 spiro atoms. The van der Waals surface area contributed by atoms with Gasteiger partial charge in [0, 0.05) is 6.42 Å². The van der Waals surface area contributed by atoms with Gasteiger partial charge in [-0.15, -0.1) is 0 Å². The lowest BCUT2D eigenvalue weighted by atomic mass is 9.87. The second kappa shape index (κ2) is 7.67. The molecule has 1 aliphatic carbocycles. The highest BCUT2D eigenvalue weighted by atomic mass is 19.4. The van der Waals surface area contributed by atoms with E-state index in [1.807, 2.05) is 0 Å². The molecule has 0 N–H and O–H groups in total. The third-order valence-corrected chi connectivity index (χ3v) is 4.41. The number of rotatable bonds is 9. The Kier molecular flexibility index (Phi) is 6.79. The van der Waals surface area contributed by atoms with E-state index in [4.69, 9.17) is 0 Å². The molecule has 0 aromatic heterocycles. The summed E-state index contributed by atoms with van der Waals surface area (Å²) < 4.78 is 222. The van der Waals surface area contributed by atoms with E-state index >= 15 is 0 Å². The molecule has 0 fully saturated rings. The van der Waals surface area contributed by atoms with Gasteiger partial charge in [0.1, 0.15) is 0 Å². The van der Waals surface area contributed by atoms with Gasteiger partial charge in [-0.3, -0.25) is 0 Å². The van der Waals surface area contributed by atoms with E-state index < -0.39 is 66.4 Å². The number of halogens is 17. The molecule has 0 heterocycles. The van der Waals surface area contributed by atoms with Gasteiger partial charge in [0.15, 0.2) is 0 Å². The normalized spacial score (nSPS) is 18.0. The first-order valence-electron chi connectivity index (χ1n) is 7.89. The smallest absolute Gasteiger partial charge is 0.200 e. The van der Waals surface area contributed by atoms with Crippen LogP contribution in [0.15, 0.2) is 24.3 Å². The molecule has 0 nitrogen and oxygen atoms in total. The zero-order valence-electron chi connectivity index (χ0n) is 14.7. The molecule has 17 heteroatoms. The first-order valence-corrected chi connectivity index (χ1v) is 7.89.